The number of nitrogens with zero attached hydrogens (tertiary/aromatic N) is 1. The lowest BCUT2D eigenvalue weighted by Gasteiger charge is -2.16. The van der Waals surface area contributed by atoms with Gasteiger partial charge in [0.25, 0.3) is 0 Å². The molecule has 0 amide bonds. The molecule has 2 rings (SSSR count). The normalized spacial score (nSPS) is 16.3. The highest BCUT2D eigenvalue weighted by molar-refractivity contribution is 9.10. The Kier molecular flexibility index (Phi) is 3.73. The van der Waals surface area contributed by atoms with E-state index in [2.05, 4.69) is 52.4 Å². The van der Waals surface area contributed by atoms with Gasteiger partial charge < -0.3 is 5.32 Å². The van der Waals surface area contributed by atoms with Crippen molar-refractivity contribution in [1.82, 2.24) is 0 Å². The van der Waals surface area contributed by atoms with Crippen LogP contribution in [-0.2, 0) is 6.42 Å². The number of nitriles is 1. The van der Waals surface area contributed by atoms with Crippen molar-refractivity contribution in [1.29, 1.82) is 5.26 Å². The Morgan fingerprint density at radius 3 is 2.82 bits per heavy atom. The molecule has 1 fully saturated rings. The van der Waals surface area contributed by atoms with Crippen molar-refractivity contribution in [3.8, 4) is 6.07 Å². The quantitative estimate of drug-likeness (QED) is 0.886. The molecule has 0 radical (unpaired) electrons. The zero-order chi connectivity index (χ0) is 12.3. The van der Waals surface area contributed by atoms with Crippen molar-refractivity contribution in [3.05, 3.63) is 28.2 Å². The molecule has 3 heteroatoms. The average molecular weight is 293 g/mol. The van der Waals surface area contributed by atoms with Crippen LogP contribution in [0.15, 0.2) is 22.7 Å². The number of rotatable bonds is 5. The fraction of sp³-hybridized carbons (Fsp3) is 0.500. The summed E-state index contributed by atoms with van der Waals surface area (Å²) >= 11 is 3.49. The van der Waals surface area contributed by atoms with E-state index in [4.69, 9.17) is 5.26 Å². The van der Waals surface area contributed by atoms with E-state index in [0.717, 1.165) is 17.4 Å². The van der Waals surface area contributed by atoms with Crippen LogP contribution < -0.4 is 5.32 Å². The van der Waals surface area contributed by atoms with Crippen LogP contribution >= 0.6 is 15.9 Å². The Balaban J connectivity index is 2.02. The fourth-order valence-electron chi connectivity index (χ4n) is 2.07. The molecule has 1 aliphatic carbocycles. The van der Waals surface area contributed by atoms with Gasteiger partial charge in [0.15, 0.2) is 0 Å². The first-order valence-electron chi connectivity index (χ1n) is 6.08. The third-order valence-electron chi connectivity index (χ3n) is 3.51. The summed E-state index contributed by atoms with van der Waals surface area (Å²) in [6.07, 6.45) is 4.07. The van der Waals surface area contributed by atoms with Gasteiger partial charge in [0.1, 0.15) is 0 Å². The van der Waals surface area contributed by atoms with E-state index >= 15 is 0 Å². The van der Waals surface area contributed by atoms with Gasteiger partial charge in [0.2, 0.25) is 0 Å². The minimum atomic E-state index is 0.257. The van der Waals surface area contributed by atoms with Crippen LogP contribution in [0.5, 0.6) is 0 Å². The lowest BCUT2D eigenvalue weighted by Crippen LogP contribution is -2.15. The first-order valence-corrected chi connectivity index (χ1v) is 6.88. The van der Waals surface area contributed by atoms with Crippen LogP contribution in [0.3, 0.4) is 0 Å². The maximum Gasteiger partial charge on any atom is 0.0628 e. The summed E-state index contributed by atoms with van der Waals surface area (Å²) in [6.45, 7) is 3.09. The Morgan fingerprint density at radius 2 is 2.24 bits per heavy atom. The van der Waals surface area contributed by atoms with Gasteiger partial charge in [-0.2, -0.15) is 5.26 Å². The van der Waals surface area contributed by atoms with E-state index in [1.165, 1.54) is 24.1 Å². The molecule has 0 heterocycles. The van der Waals surface area contributed by atoms with Crippen molar-refractivity contribution in [2.45, 2.75) is 32.6 Å². The Hall–Kier alpha value is -1.01. The number of anilines is 1. The molecule has 90 valence electrons. The lowest BCUT2D eigenvalue weighted by molar-refractivity contribution is 0.557. The van der Waals surface area contributed by atoms with E-state index in [0.29, 0.717) is 6.42 Å². The molecule has 0 spiro atoms. The zero-order valence-electron chi connectivity index (χ0n) is 10.1. The molecule has 0 unspecified atom stereocenters. The molecule has 1 aromatic rings. The maximum absolute atomic E-state index is 8.79. The van der Waals surface area contributed by atoms with Gasteiger partial charge in [-0.1, -0.05) is 22.9 Å². The summed E-state index contributed by atoms with van der Waals surface area (Å²) in [5.41, 5.74) is 2.79. The highest BCUT2D eigenvalue weighted by Gasteiger charge is 2.42. The van der Waals surface area contributed by atoms with Crippen LogP contribution in [0, 0.1) is 16.7 Å². The number of hydrogen-bond donors (Lipinski definition) is 1. The second-order valence-electron chi connectivity index (χ2n) is 4.84. The van der Waals surface area contributed by atoms with Gasteiger partial charge in [0, 0.05) is 28.5 Å². The average Bonchev–Trinajstić information content (AvgIpc) is 3.08. The first kappa shape index (κ1) is 12.4. The Bertz CT molecular complexity index is 444. The number of nitrogens with one attached hydrogen (secondary N) is 1. The number of hydrogen-bond acceptors (Lipinski definition) is 2. The molecule has 0 saturated heterocycles. The molecule has 1 aromatic carbocycles. The molecule has 0 aliphatic heterocycles. The molecule has 1 N–H and O–H groups in total. The summed E-state index contributed by atoms with van der Waals surface area (Å²) in [6, 6.07) is 8.63. The van der Waals surface area contributed by atoms with E-state index in [9.17, 15) is 0 Å². The monoisotopic (exact) mass is 292 g/mol. The van der Waals surface area contributed by atoms with Gasteiger partial charge in [-0.15, -0.1) is 0 Å². The minimum Gasteiger partial charge on any atom is -0.384 e. The topological polar surface area (TPSA) is 35.8 Å². The molecule has 2 nitrogen and oxygen atoms in total. The largest absolute Gasteiger partial charge is 0.384 e. The smallest absolute Gasteiger partial charge is 0.0628 e. The van der Waals surface area contributed by atoms with Crippen molar-refractivity contribution in [2.75, 3.05) is 11.9 Å². The molecule has 1 saturated carbocycles. The predicted octanol–water partition coefficient (Wildman–Crippen LogP) is 4.12. The first-order chi connectivity index (χ1) is 8.19. The van der Waals surface area contributed by atoms with Crippen LogP contribution in [0.1, 0.15) is 31.7 Å². The summed E-state index contributed by atoms with van der Waals surface area (Å²) in [5.74, 6) is 0. The minimum absolute atomic E-state index is 0.257. The zero-order valence-corrected chi connectivity index (χ0v) is 11.7. The fourth-order valence-corrected chi connectivity index (χ4v) is 2.48. The van der Waals surface area contributed by atoms with Gasteiger partial charge in [-0.05, 0) is 43.0 Å². The van der Waals surface area contributed by atoms with Crippen LogP contribution in [-0.4, -0.2) is 6.54 Å². The summed E-state index contributed by atoms with van der Waals surface area (Å²) in [7, 11) is 0. The summed E-state index contributed by atoms with van der Waals surface area (Å²) < 4.78 is 1.12. The van der Waals surface area contributed by atoms with Gasteiger partial charge >= 0.3 is 0 Å². The highest BCUT2D eigenvalue weighted by Crippen LogP contribution is 2.48. The van der Waals surface area contributed by atoms with Crippen molar-refractivity contribution < 1.29 is 0 Å². The predicted molar refractivity (Wildman–Crippen MR) is 73.9 cm³/mol. The Morgan fingerprint density at radius 1 is 1.47 bits per heavy atom. The van der Waals surface area contributed by atoms with E-state index in [-0.39, 0.29) is 5.41 Å². The standard InChI is InChI=1S/C14H17BrN2/c1-2-11-9-12(15)3-4-13(11)17-10-14(5-6-14)7-8-16/h3-4,9,17H,2,5-7,10H2,1H3. The molecule has 0 bridgehead atoms. The van der Waals surface area contributed by atoms with Gasteiger partial charge in [-0.3, -0.25) is 0 Å². The van der Waals surface area contributed by atoms with Crippen molar-refractivity contribution >= 4 is 21.6 Å². The highest BCUT2D eigenvalue weighted by atomic mass is 79.9. The molecule has 1 aliphatic rings. The molecule has 0 atom stereocenters. The van der Waals surface area contributed by atoms with E-state index in [1.54, 1.807) is 0 Å². The molecule has 0 aromatic heterocycles. The SMILES string of the molecule is CCc1cc(Br)ccc1NCC1(CC#N)CC1. The molecular weight excluding hydrogens is 276 g/mol. The number of aryl methyl sites for hydroxylation is 1. The maximum atomic E-state index is 8.79. The second kappa shape index (κ2) is 5.10. The van der Waals surface area contributed by atoms with Gasteiger partial charge in [0.05, 0.1) is 6.07 Å². The van der Waals surface area contributed by atoms with Crippen LogP contribution in [0.2, 0.25) is 0 Å². The molecule has 17 heavy (non-hydrogen) atoms. The van der Waals surface area contributed by atoms with Gasteiger partial charge in [-0.25, -0.2) is 0 Å². The van der Waals surface area contributed by atoms with Crippen molar-refractivity contribution in [2.24, 2.45) is 5.41 Å². The van der Waals surface area contributed by atoms with E-state index < -0.39 is 0 Å². The number of halogens is 1. The lowest BCUT2D eigenvalue weighted by atomic mass is 10.0. The summed E-state index contributed by atoms with van der Waals surface area (Å²) in [4.78, 5) is 0. The molecular formula is C14H17BrN2. The third-order valence-corrected chi connectivity index (χ3v) is 4.01. The third kappa shape index (κ3) is 3.01. The second-order valence-corrected chi connectivity index (χ2v) is 5.76. The number of benzene rings is 1. The van der Waals surface area contributed by atoms with Crippen LogP contribution in [0.25, 0.3) is 0 Å². The Labute approximate surface area is 111 Å². The summed E-state index contributed by atoms with van der Waals surface area (Å²) in [5, 5.41) is 12.3. The van der Waals surface area contributed by atoms with E-state index in [1.807, 2.05) is 0 Å². The van der Waals surface area contributed by atoms with Crippen molar-refractivity contribution in [3.63, 3.8) is 0 Å². The van der Waals surface area contributed by atoms with Crippen LogP contribution in [0.4, 0.5) is 5.69 Å².